The van der Waals surface area contributed by atoms with Crippen LogP contribution in [-0.4, -0.2) is 45.9 Å². The number of hydrogen-bond donors (Lipinski definition) is 1. The van der Waals surface area contributed by atoms with Crippen LogP contribution < -0.4 is 19.7 Å². The number of hydrogen-bond acceptors (Lipinski definition) is 5. The van der Waals surface area contributed by atoms with Crippen LogP contribution in [0.2, 0.25) is 0 Å². The quantitative estimate of drug-likeness (QED) is 0.541. The second-order valence-electron chi connectivity index (χ2n) is 7.42. The van der Waals surface area contributed by atoms with Crippen LogP contribution in [0.15, 0.2) is 66.7 Å². The molecule has 4 rings (SSSR count). The third-order valence-corrected chi connectivity index (χ3v) is 5.36. The summed E-state index contributed by atoms with van der Waals surface area (Å²) in [6.45, 7) is 0.0282. The monoisotopic (exact) mass is 454 g/mol. The summed E-state index contributed by atoms with van der Waals surface area (Å²) in [6.07, 6.45) is 0. The van der Waals surface area contributed by atoms with Crippen molar-refractivity contribution in [1.82, 2.24) is 0 Å². The fourth-order valence-corrected chi connectivity index (χ4v) is 3.65. The van der Waals surface area contributed by atoms with E-state index in [1.54, 1.807) is 49.6 Å². The standard InChI is InChI=1S/C25H24F2N2O4/c1-31-21-9-4-17(5-10-21)22-16-19(6-11-23(22)33-25(26)27)28-24(30)18-2-7-20(8-3-18)29-12-14-32-15-13-29/h2-11,16,25H,12-15H2,1H3,(H,28,30). The molecule has 0 aliphatic carbocycles. The molecular formula is C25H24F2N2O4. The van der Waals surface area contributed by atoms with Gasteiger partial charge in [0.25, 0.3) is 5.91 Å². The maximum absolute atomic E-state index is 12.9. The van der Waals surface area contributed by atoms with E-state index in [1.807, 2.05) is 12.1 Å². The van der Waals surface area contributed by atoms with Crippen molar-refractivity contribution in [3.8, 4) is 22.6 Å². The molecule has 0 spiro atoms. The zero-order valence-electron chi connectivity index (χ0n) is 18.1. The van der Waals surface area contributed by atoms with Crippen LogP contribution in [0.1, 0.15) is 10.4 Å². The van der Waals surface area contributed by atoms with E-state index in [2.05, 4.69) is 15.0 Å². The van der Waals surface area contributed by atoms with E-state index in [9.17, 15) is 13.6 Å². The summed E-state index contributed by atoms with van der Waals surface area (Å²) >= 11 is 0. The van der Waals surface area contributed by atoms with Crippen molar-refractivity contribution in [3.05, 3.63) is 72.3 Å². The fourth-order valence-electron chi connectivity index (χ4n) is 3.65. The molecule has 33 heavy (non-hydrogen) atoms. The van der Waals surface area contributed by atoms with Gasteiger partial charge in [0.2, 0.25) is 0 Å². The van der Waals surface area contributed by atoms with E-state index in [0.717, 1.165) is 18.8 Å². The Hall–Kier alpha value is -3.65. The maximum atomic E-state index is 12.9. The van der Waals surface area contributed by atoms with Crippen molar-refractivity contribution >= 4 is 17.3 Å². The molecule has 1 N–H and O–H groups in total. The molecular weight excluding hydrogens is 430 g/mol. The molecule has 3 aromatic carbocycles. The Bertz CT molecular complexity index is 1080. The second kappa shape index (κ2) is 10.3. The first-order chi connectivity index (χ1) is 16.0. The zero-order valence-corrected chi connectivity index (χ0v) is 18.1. The molecule has 1 fully saturated rings. The Morgan fingerprint density at radius 2 is 1.70 bits per heavy atom. The second-order valence-corrected chi connectivity index (χ2v) is 7.42. The van der Waals surface area contributed by atoms with Gasteiger partial charge >= 0.3 is 6.61 Å². The smallest absolute Gasteiger partial charge is 0.387 e. The Morgan fingerprint density at radius 3 is 2.33 bits per heavy atom. The van der Waals surface area contributed by atoms with E-state index in [-0.39, 0.29) is 11.7 Å². The van der Waals surface area contributed by atoms with Crippen molar-refractivity contribution in [2.75, 3.05) is 43.6 Å². The first kappa shape index (κ1) is 22.5. The molecule has 1 saturated heterocycles. The average molecular weight is 454 g/mol. The molecule has 3 aromatic rings. The first-order valence-electron chi connectivity index (χ1n) is 10.5. The van der Waals surface area contributed by atoms with Crippen molar-refractivity contribution in [3.63, 3.8) is 0 Å². The van der Waals surface area contributed by atoms with Crippen LogP contribution in [0, 0.1) is 0 Å². The minimum absolute atomic E-state index is 0.0167. The molecule has 8 heteroatoms. The highest BCUT2D eigenvalue weighted by molar-refractivity contribution is 6.04. The van der Waals surface area contributed by atoms with Gasteiger partial charge in [-0.05, 0) is 60.2 Å². The van der Waals surface area contributed by atoms with Gasteiger partial charge in [-0.15, -0.1) is 0 Å². The normalized spacial score (nSPS) is 13.6. The molecule has 172 valence electrons. The summed E-state index contributed by atoms with van der Waals surface area (Å²) in [6, 6.07) is 18.8. The number of anilines is 2. The first-order valence-corrected chi connectivity index (χ1v) is 10.5. The summed E-state index contributed by atoms with van der Waals surface area (Å²) in [5, 5.41) is 2.83. The van der Waals surface area contributed by atoms with E-state index in [4.69, 9.17) is 9.47 Å². The number of rotatable bonds is 7. The van der Waals surface area contributed by atoms with Gasteiger partial charge in [-0.1, -0.05) is 12.1 Å². The molecule has 0 unspecified atom stereocenters. The van der Waals surface area contributed by atoms with Gasteiger partial charge in [0.15, 0.2) is 0 Å². The SMILES string of the molecule is COc1ccc(-c2cc(NC(=O)c3ccc(N4CCOCC4)cc3)ccc2OC(F)F)cc1. The third-order valence-electron chi connectivity index (χ3n) is 5.36. The summed E-state index contributed by atoms with van der Waals surface area (Å²) in [5.41, 5.74) is 3.07. The van der Waals surface area contributed by atoms with Gasteiger partial charge in [0, 0.05) is 35.6 Å². The number of benzene rings is 3. The summed E-state index contributed by atoms with van der Waals surface area (Å²) in [4.78, 5) is 15.0. The lowest BCUT2D eigenvalue weighted by atomic mass is 10.0. The molecule has 1 aliphatic rings. The molecule has 0 bridgehead atoms. The van der Waals surface area contributed by atoms with Gasteiger partial charge < -0.3 is 24.4 Å². The van der Waals surface area contributed by atoms with Crippen molar-refractivity contribution < 1.29 is 27.8 Å². The molecule has 0 saturated carbocycles. The average Bonchev–Trinajstić information content (AvgIpc) is 2.85. The van der Waals surface area contributed by atoms with E-state index < -0.39 is 6.61 Å². The maximum Gasteiger partial charge on any atom is 0.387 e. The number of nitrogens with one attached hydrogen (secondary N) is 1. The van der Waals surface area contributed by atoms with Crippen molar-refractivity contribution in [2.24, 2.45) is 0 Å². The fraction of sp³-hybridized carbons (Fsp3) is 0.240. The van der Waals surface area contributed by atoms with Crippen LogP contribution in [0.4, 0.5) is 20.2 Å². The van der Waals surface area contributed by atoms with Gasteiger partial charge in [0.05, 0.1) is 20.3 Å². The molecule has 0 aromatic heterocycles. The number of ether oxygens (including phenoxy) is 3. The lowest BCUT2D eigenvalue weighted by Crippen LogP contribution is -2.36. The van der Waals surface area contributed by atoms with Gasteiger partial charge in [-0.25, -0.2) is 0 Å². The van der Waals surface area contributed by atoms with Crippen molar-refractivity contribution in [1.29, 1.82) is 0 Å². The summed E-state index contributed by atoms with van der Waals surface area (Å²) in [5.74, 6) is 0.356. The van der Waals surface area contributed by atoms with Crippen LogP contribution in [0.25, 0.3) is 11.1 Å². The largest absolute Gasteiger partial charge is 0.497 e. The number of nitrogens with zero attached hydrogens (tertiary/aromatic N) is 1. The Morgan fingerprint density at radius 1 is 1.00 bits per heavy atom. The number of carbonyl (C=O) groups is 1. The van der Waals surface area contributed by atoms with Crippen LogP contribution >= 0.6 is 0 Å². The Kier molecular flexibility index (Phi) is 7.04. The molecule has 0 atom stereocenters. The van der Waals surface area contributed by atoms with Crippen LogP contribution in [0.3, 0.4) is 0 Å². The lowest BCUT2D eigenvalue weighted by Gasteiger charge is -2.28. The van der Waals surface area contributed by atoms with E-state index in [1.165, 1.54) is 12.1 Å². The number of amides is 1. The number of methoxy groups -OCH3 is 1. The lowest BCUT2D eigenvalue weighted by molar-refractivity contribution is -0.0494. The number of carbonyl (C=O) groups excluding carboxylic acids is 1. The number of morpholine rings is 1. The van der Waals surface area contributed by atoms with Gasteiger partial charge in [-0.2, -0.15) is 8.78 Å². The van der Waals surface area contributed by atoms with Crippen LogP contribution in [-0.2, 0) is 4.74 Å². The Labute approximate surface area is 190 Å². The summed E-state index contributed by atoms with van der Waals surface area (Å²) < 4.78 is 41.0. The number of halogens is 2. The highest BCUT2D eigenvalue weighted by Gasteiger charge is 2.15. The number of alkyl halides is 2. The minimum atomic E-state index is -2.97. The Balaban J connectivity index is 1.53. The zero-order chi connectivity index (χ0) is 23.2. The highest BCUT2D eigenvalue weighted by atomic mass is 19.3. The topological polar surface area (TPSA) is 60.0 Å². The van der Waals surface area contributed by atoms with Crippen LogP contribution in [0.5, 0.6) is 11.5 Å². The minimum Gasteiger partial charge on any atom is -0.497 e. The summed E-state index contributed by atoms with van der Waals surface area (Å²) in [7, 11) is 1.55. The molecule has 0 radical (unpaired) electrons. The van der Waals surface area contributed by atoms with Crippen molar-refractivity contribution in [2.45, 2.75) is 6.61 Å². The molecule has 1 heterocycles. The predicted octanol–water partition coefficient (Wildman–Crippen LogP) is 5.05. The van der Waals surface area contributed by atoms with Gasteiger partial charge in [-0.3, -0.25) is 4.79 Å². The van der Waals surface area contributed by atoms with E-state index >= 15 is 0 Å². The molecule has 6 nitrogen and oxygen atoms in total. The van der Waals surface area contributed by atoms with E-state index in [0.29, 0.717) is 41.3 Å². The van der Waals surface area contributed by atoms with Gasteiger partial charge in [0.1, 0.15) is 11.5 Å². The molecule has 1 amide bonds. The predicted molar refractivity (Wildman–Crippen MR) is 122 cm³/mol. The third kappa shape index (κ3) is 5.59. The molecule has 1 aliphatic heterocycles. The highest BCUT2D eigenvalue weighted by Crippen LogP contribution is 2.34.